The molecule has 0 aliphatic heterocycles. The van der Waals surface area contributed by atoms with Crippen molar-refractivity contribution in [2.75, 3.05) is 5.75 Å². The van der Waals surface area contributed by atoms with E-state index >= 15 is 0 Å². The van der Waals surface area contributed by atoms with E-state index in [0.29, 0.717) is 0 Å². The maximum atomic E-state index is 4.53. The zero-order chi connectivity index (χ0) is 12.3. The highest BCUT2D eigenvalue weighted by atomic mass is 32.1. The number of nitrogens with zero attached hydrogens (tertiary/aromatic N) is 2. The quantitative estimate of drug-likeness (QED) is 0.797. The molecule has 1 heterocycles. The Morgan fingerprint density at radius 2 is 1.94 bits per heavy atom. The van der Waals surface area contributed by atoms with Gasteiger partial charge in [-0.05, 0) is 36.1 Å². The number of rotatable bonds is 5. The number of thiol groups is 1. The molecule has 2 aromatic rings. The standard InChI is InChI=1S/C14H20N2S/c1-3-14(4-2,10-17)9-16-11-15-12-7-5-6-8-13(12)16/h5-8,11,17H,3-4,9-10H2,1-2H3. The van der Waals surface area contributed by atoms with Crippen LogP contribution < -0.4 is 0 Å². The van der Waals surface area contributed by atoms with Gasteiger partial charge in [-0.15, -0.1) is 0 Å². The van der Waals surface area contributed by atoms with E-state index in [2.05, 4.69) is 54.2 Å². The highest BCUT2D eigenvalue weighted by Gasteiger charge is 2.25. The summed E-state index contributed by atoms with van der Waals surface area (Å²) in [6.45, 7) is 5.50. The maximum absolute atomic E-state index is 4.53. The van der Waals surface area contributed by atoms with Crippen LogP contribution >= 0.6 is 12.6 Å². The lowest BCUT2D eigenvalue weighted by atomic mass is 9.84. The molecule has 0 saturated heterocycles. The van der Waals surface area contributed by atoms with Gasteiger partial charge in [0, 0.05) is 6.54 Å². The molecule has 0 bridgehead atoms. The van der Waals surface area contributed by atoms with Crippen LogP contribution in [-0.4, -0.2) is 15.3 Å². The van der Waals surface area contributed by atoms with Crippen molar-refractivity contribution < 1.29 is 0 Å². The lowest BCUT2D eigenvalue weighted by Crippen LogP contribution is -2.27. The first-order chi connectivity index (χ1) is 8.24. The minimum absolute atomic E-state index is 0.284. The Morgan fingerprint density at radius 1 is 1.24 bits per heavy atom. The molecule has 0 atom stereocenters. The van der Waals surface area contributed by atoms with E-state index < -0.39 is 0 Å². The molecule has 1 aromatic carbocycles. The fourth-order valence-electron chi connectivity index (χ4n) is 2.24. The van der Waals surface area contributed by atoms with E-state index in [0.717, 1.165) is 30.7 Å². The van der Waals surface area contributed by atoms with Crippen molar-refractivity contribution >= 4 is 23.7 Å². The van der Waals surface area contributed by atoms with E-state index in [1.165, 1.54) is 5.52 Å². The average Bonchev–Trinajstić information content (AvgIpc) is 2.79. The van der Waals surface area contributed by atoms with E-state index in [1.54, 1.807) is 0 Å². The van der Waals surface area contributed by atoms with Gasteiger partial charge in [-0.25, -0.2) is 4.98 Å². The van der Waals surface area contributed by atoms with Gasteiger partial charge in [0.25, 0.3) is 0 Å². The average molecular weight is 248 g/mol. The summed E-state index contributed by atoms with van der Waals surface area (Å²) in [5.74, 6) is 0.923. The third kappa shape index (κ3) is 2.34. The van der Waals surface area contributed by atoms with Crippen molar-refractivity contribution in [2.45, 2.75) is 33.2 Å². The zero-order valence-corrected chi connectivity index (χ0v) is 11.5. The second-order valence-electron chi connectivity index (χ2n) is 4.73. The smallest absolute Gasteiger partial charge is 0.0958 e. The number of fused-ring (bicyclic) bond motifs is 1. The summed E-state index contributed by atoms with van der Waals surface area (Å²) in [5.41, 5.74) is 2.58. The normalized spacial score (nSPS) is 12.2. The van der Waals surface area contributed by atoms with Crippen LogP contribution in [0.1, 0.15) is 26.7 Å². The Balaban J connectivity index is 2.34. The molecule has 0 amide bonds. The molecular weight excluding hydrogens is 228 g/mol. The molecule has 92 valence electrons. The molecule has 0 unspecified atom stereocenters. The molecule has 17 heavy (non-hydrogen) atoms. The SMILES string of the molecule is CCC(CC)(CS)Cn1cnc2ccccc21. The van der Waals surface area contributed by atoms with Gasteiger partial charge >= 0.3 is 0 Å². The van der Waals surface area contributed by atoms with Crippen molar-refractivity contribution in [2.24, 2.45) is 5.41 Å². The summed E-state index contributed by atoms with van der Waals surface area (Å²) >= 11 is 4.53. The Morgan fingerprint density at radius 3 is 2.59 bits per heavy atom. The molecule has 0 saturated carbocycles. The van der Waals surface area contributed by atoms with Gasteiger partial charge in [-0.2, -0.15) is 12.6 Å². The molecule has 0 radical (unpaired) electrons. The molecule has 0 spiro atoms. The largest absolute Gasteiger partial charge is 0.330 e. The van der Waals surface area contributed by atoms with Crippen molar-refractivity contribution in [3.8, 4) is 0 Å². The van der Waals surface area contributed by atoms with Gasteiger partial charge in [0.2, 0.25) is 0 Å². The van der Waals surface area contributed by atoms with Crippen LogP contribution in [0.4, 0.5) is 0 Å². The minimum atomic E-state index is 0.284. The van der Waals surface area contributed by atoms with Crippen molar-refractivity contribution in [3.05, 3.63) is 30.6 Å². The van der Waals surface area contributed by atoms with Crippen LogP contribution in [0.3, 0.4) is 0 Å². The topological polar surface area (TPSA) is 17.8 Å². The Kier molecular flexibility index (Phi) is 3.77. The van der Waals surface area contributed by atoms with Gasteiger partial charge in [0.15, 0.2) is 0 Å². The summed E-state index contributed by atoms with van der Waals surface area (Å²) in [4.78, 5) is 4.44. The maximum Gasteiger partial charge on any atom is 0.0958 e. The Bertz CT molecular complexity index is 477. The van der Waals surface area contributed by atoms with Crippen LogP contribution in [0.5, 0.6) is 0 Å². The first-order valence-electron chi connectivity index (χ1n) is 6.25. The monoisotopic (exact) mass is 248 g/mol. The zero-order valence-electron chi connectivity index (χ0n) is 10.6. The molecular formula is C14H20N2S. The number of para-hydroxylation sites is 2. The number of imidazole rings is 1. The van der Waals surface area contributed by atoms with Crippen LogP contribution in [0.25, 0.3) is 11.0 Å². The number of hydrogen-bond donors (Lipinski definition) is 1. The second-order valence-corrected chi connectivity index (χ2v) is 5.04. The van der Waals surface area contributed by atoms with Gasteiger partial charge in [0.05, 0.1) is 17.4 Å². The fourth-order valence-corrected chi connectivity index (χ4v) is 2.79. The third-order valence-corrected chi connectivity index (χ3v) is 4.54. The van der Waals surface area contributed by atoms with Crippen molar-refractivity contribution in [1.29, 1.82) is 0 Å². The van der Waals surface area contributed by atoms with Crippen molar-refractivity contribution in [3.63, 3.8) is 0 Å². The molecule has 0 fully saturated rings. The van der Waals surface area contributed by atoms with Gasteiger partial charge < -0.3 is 4.57 Å². The number of hydrogen-bond acceptors (Lipinski definition) is 2. The van der Waals surface area contributed by atoms with Crippen LogP contribution in [0.15, 0.2) is 30.6 Å². The molecule has 3 heteroatoms. The Labute approximate surface area is 108 Å². The summed E-state index contributed by atoms with van der Waals surface area (Å²) in [6.07, 6.45) is 4.26. The first kappa shape index (κ1) is 12.5. The van der Waals surface area contributed by atoms with Crippen LogP contribution in [-0.2, 0) is 6.54 Å². The van der Waals surface area contributed by atoms with Gasteiger partial charge in [0.1, 0.15) is 0 Å². The van der Waals surface area contributed by atoms with Gasteiger partial charge in [-0.3, -0.25) is 0 Å². The lowest BCUT2D eigenvalue weighted by molar-refractivity contribution is 0.261. The molecule has 1 aromatic heterocycles. The summed E-state index contributed by atoms with van der Waals surface area (Å²) in [6, 6.07) is 8.30. The first-order valence-corrected chi connectivity index (χ1v) is 6.88. The molecule has 2 rings (SSSR count). The molecule has 0 N–H and O–H groups in total. The van der Waals surface area contributed by atoms with E-state index in [-0.39, 0.29) is 5.41 Å². The Hall–Kier alpha value is -0.960. The number of aromatic nitrogens is 2. The highest BCUT2D eigenvalue weighted by Crippen LogP contribution is 2.31. The van der Waals surface area contributed by atoms with Crippen LogP contribution in [0.2, 0.25) is 0 Å². The van der Waals surface area contributed by atoms with Gasteiger partial charge in [-0.1, -0.05) is 26.0 Å². The summed E-state index contributed by atoms with van der Waals surface area (Å²) in [7, 11) is 0. The molecule has 0 aliphatic rings. The minimum Gasteiger partial charge on any atom is -0.330 e. The third-order valence-electron chi connectivity index (χ3n) is 3.87. The molecule has 0 aliphatic carbocycles. The predicted octanol–water partition coefficient (Wildman–Crippen LogP) is 3.77. The molecule has 2 nitrogen and oxygen atoms in total. The van der Waals surface area contributed by atoms with E-state index in [9.17, 15) is 0 Å². The lowest BCUT2D eigenvalue weighted by Gasteiger charge is -2.30. The van der Waals surface area contributed by atoms with Crippen molar-refractivity contribution in [1.82, 2.24) is 9.55 Å². The second kappa shape index (κ2) is 5.13. The van der Waals surface area contributed by atoms with E-state index in [1.807, 2.05) is 12.4 Å². The van der Waals surface area contributed by atoms with Crippen LogP contribution in [0, 0.1) is 5.41 Å². The highest BCUT2D eigenvalue weighted by molar-refractivity contribution is 7.80. The summed E-state index contributed by atoms with van der Waals surface area (Å²) in [5, 5.41) is 0. The van der Waals surface area contributed by atoms with E-state index in [4.69, 9.17) is 0 Å². The predicted molar refractivity (Wildman–Crippen MR) is 76.6 cm³/mol. The fraction of sp³-hybridized carbons (Fsp3) is 0.500. The number of benzene rings is 1. The summed E-state index contributed by atoms with van der Waals surface area (Å²) < 4.78 is 2.26.